The number of aliphatic hydroxyl groups excluding tert-OH is 1. The molecule has 0 radical (unpaired) electrons. The molecule has 1 aliphatic heterocycles. The second kappa shape index (κ2) is 11.3. The van der Waals surface area contributed by atoms with E-state index in [-0.39, 0.29) is 5.75 Å². The number of nitrogens with one attached hydrogen (secondary N) is 2. The van der Waals surface area contributed by atoms with Crippen LogP contribution in [0.2, 0.25) is 0 Å². The van der Waals surface area contributed by atoms with Crippen LogP contribution in [0, 0.1) is 5.82 Å². The van der Waals surface area contributed by atoms with Crippen molar-refractivity contribution in [1.82, 2.24) is 14.6 Å². The molecule has 0 unspecified atom stereocenters. The number of carbonyl (C=O) groups excluding carboxylic acids is 1. The molecule has 37 heavy (non-hydrogen) atoms. The summed E-state index contributed by atoms with van der Waals surface area (Å²) in [5.41, 5.74) is -4.52. The Morgan fingerprint density at radius 3 is 2.57 bits per heavy atom. The maximum absolute atomic E-state index is 13.8. The number of aliphatic hydroxyl groups is 2. The lowest BCUT2D eigenvalue weighted by molar-refractivity contribution is -0.149. The van der Waals surface area contributed by atoms with Gasteiger partial charge in [0.25, 0.3) is 5.56 Å². The van der Waals surface area contributed by atoms with Gasteiger partial charge in [-0.1, -0.05) is 18.2 Å². The standard InChI is InChI=1S/C22H29FN3O10P/c1-12(2)34-19(29)13(3)25-37(32,36-14-8-6-5-7-9-14)33-11-16-17(27)22(4,31)20(35-16)26-10-15(23)18(28)24-21(26)30/h5-10,12-13,16-17,20,27,31H,11H2,1-4H3,(H,25,32)(H,24,28,30)/t13-,16-,17-,20-,22-,37+/m1/s1. The Morgan fingerprint density at radius 2 is 1.95 bits per heavy atom. The first-order valence-corrected chi connectivity index (χ1v) is 12.8. The summed E-state index contributed by atoms with van der Waals surface area (Å²) >= 11 is 0. The predicted molar refractivity (Wildman–Crippen MR) is 126 cm³/mol. The maximum Gasteiger partial charge on any atom is 0.459 e. The monoisotopic (exact) mass is 545 g/mol. The van der Waals surface area contributed by atoms with Gasteiger partial charge in [0.2, 0.25) is 5.82 Å². The second-order valence-electron chi connectivity index (χ2n) is 8.88. The minimum atomic E-state index is -4.33. The third-order valence-electron chi connectivity index (χ3n) is 5.37. The van der Waals surface area contributed by atoms with Gasteiger partial charge in [-0.3, -0.25) is 23.7 Å². The lowest BCUT2D eigenvalue weighted by atomic mass is 9.96. The fraction of sp³-hybridized carbons (Fsp3) is 0.500. The molecule has 0 spiro atoms. The zero-order valence-electron chi connectivity index (χ0n) is 20.5. The second-order valence-corrected chi connectivity index (χ2v) is 10.6. The van der Waals surface area contributed by atoms with Gasteiger partial charge in [0.1, 0.15) is 29.6 Å². The van der Waals surface area contributed by atoms with Crippen LogP contribution in [0.15, 0.2) is 46.1 Å². The van der Waals surface area contributed by atoms with E-state index in [0.29, 0.717) is 10.8 Å². The third kappa shape index (κ3) is 6.72. The van der Waals surface area contributed by atoms with Crippen molar-refractivity contribution in [3.8, 4) is 5.75 Å². The van der Waals surface area contributed by atoms with Crippen molar-refractivity contribution >= 4 is 13.7 Å². The Kier molecular flexibility index (Phi) is 8.73. The lowest BCUT2D eigenvalue weighted by Crippen LogP contribution is -2.47. The average Bonchev–Trinajstić information content (AvgIpc) is 3.03. The summed E-state index contributed by atoms with van der Waals surface area (Å²) in [6, 6.07) is 6.78. The number of hydrogen-bond acceptors (Lipinski definition) is 10. The smallest absolute Gasteiger partial charge is 0.459 e. The van der Waals surface area contributed by atoms with Crippen LogP contribution in [0.3, 0.4) is 0 Å². The summed E-state index contributed by atoms with van der Waals surface area (Å²) in [7, 11) is -4.33. The van der Waals surface area contributed by atoms with E-state index < -0.39 is 73.6 Å². The Morgan fingerprint density at radius 1 is 1.30 bits per heavy atom. The van der Waals surface area contributed by atoms with Crippen molar-refractivity contribution in [3.05, 3.63) is 63.2 Å². The van der Waals surface area contributed by atoms with Crippen LogP contribution < -0.4 is 20.9 Å². The number of rotatable bonds is 10. The molecule has 0 amide bonds. The Balaban J connectivity index is 1.82. The first-order chi connectivity index (χ1) is 17.2. The number of para-hydroxylation sites is 1. The normalized spacial score (nSPS) is 26.0. The number of halogens is 1. The summed E-state index contributed by atoms with van der Waals surface area (Å²) < 4.78 is 49.6. The van der Waals surface area contributed by atoms with E-state index in [4.69, 9.17) is 18.5 Å². The number of aromatic amines is 1. The molecule has 1 saturated heterocycles. The quantitative estimate of drug-likeness (QED) is 0.245. The molecule has 0 saturated carbocycles. The molecule has 1 aliphatic rings. The summed E-state index contributed by atoms with van der Waals surface area (Å²) in [5.74, 6) is -1.91. The highest BCUT2D eigenvalue weighted by Crippen LogP contribution is 2.46. The van der Waals surface area contributed by atoms with Gasteiger partial charge >= 0.3 is 19.4 Å². The van der Waals surface area contributed by atoms with Gasteiger partial charge in [-0.25, -0.2) is 9.36 Å². The number of ether oxygens (including phenoxy) is 2. The third-order valence-corrected chi connectivity index (χ3v) is 7.01. The van der Waals surface area contributed by atoms with E-state index in [1.165, 1.54) is 19.1 Å². The minimum Gasteiger partial charge on any atom is -0.462 e. The number of H-pyrrole nitrogens is 1. The maximum atomic E-state index is 13.8. The SMILES string of the molecule is CC(C)OC(=O)[C@@H](C)N[P@](=O)(OC[C@H]1O[C@@H](n2cc(F)c(=O)[nH]c2=O)[C@](C)(O)[C@@H]1O)Oc1ccccc1. The molecule has 3 rings (SSSR count). The number of carbonyl (C=O) groups is 1. The Labute approximate surface area is 210 Å². The summed E-state index contributed by atoms with van der Waals surface area (Å²) in [6.45, 7) is 5.13. The summed E-state index contributed by atoms with van der Waals surface area (Å²) in [4.78, 5) is 37.5. The molecule has 204 valence electrons. The molecule has 2 aromatic rings. The van der Waals surface area contributed by atoms with Crippen LogP contribution in [0.5, 0.6) is 5.75 Å². The number of hydrogen-bond donors (Lipinski definition) is 4. The Bertz CT molecular complexity index is 1270. The highest BCUT2D eigenvalue weighted by molar-refractivity contribution is 7.52. The summed E-state index contributed by atoms with van der Waals surface area (Å²) in [5, 5.41) is 23.9. The van der Waals surface area contributed by atoms with Gasteiger partial charge in [0.15, 0.2) is 6.23 Å². The summed E-state index contributed by atoms with van der Waals surface area (Å²) in [6.07, 6.45) is -4.66. The minimum absolute atomic E-state index is 0.135. The highest BCUT2D eigenvalue weighted by Gasteiger charge is 2.54. The predicted octanol–water partition coefficient (Wildman–Crippen LogP) is 0.818. The molecule has 15 heteroatoms. The van der Waals surface area contributed by atoms with Gasteiger partial charge in [-0.05, 0) is 39.8 Å². The number of benzene rings is 1. The van der Waals surface area contributed by atoms with Gasteiger partial charge in [-0.2, -0.15) is 9.48 Å². The number of esters is 1. The molecular weight excluding hydrogens is 516 g/mol. The van der Waals surface area contributed by atoms with Gasteiger partial charge < -0.3 is 24.2 Å². The molecule has 1 aromatic heterocycles. The van der Waals surface area contributed by atoms with Crippen molar-refractivity contribution in [2.24, 2.45) is 0 Å². The molecule has 1 aromatic carbocycles. The van der Waals surface area contributed by atoms with E-state index in [9.17, 15) is 33.6 Å². The van der Waals surface area contributed by atoms with Crippen molar-refractivity contribution in [2.75, 3.05) is 6.61 Å². The van der Waals surface area contributed by atoms with E-state index in [0.717, 1.165) is 6.92 Å². The van der Waals surface area contributed by atoms with Crippen LogP contribution in [0.4, 0.5) is 4.39 Å². The molecule has 1 fully saturated rings. The lowest BCUT2D eigenvalue weighted by Gasteiger charge is -2.27. The molecule has 0 aliphatic carbocycles. The van der Waals surface area contributed by atoms with Crippen molar-refractivity contribution in [2.45, 2.75) is 63.9 Å². The zero-order chi connectivity index (χ0) is 27.5. The van der Waals surface area contributed by atoms with Crippen LogP contribution >= 0.6 is 7.75 Å². The van der Waals surface area contributed by atoms with E-state index in [1.54, 1.807) is 37.0 Å². The van der Waals surface area contributed by atoms with E-state index in [1.807, 2.05) is 0 Å². The average molecular weight is 545 g/mol. The fourth-order valence-electron chi connectivity index (χ4n) is 3.52. The zero-order valence-corrected chi connectivity index (χ0v) is 21.4. The van der Waals surface area contributed by atoms with Crippen LogP contribution in [-0.2, 0) is 23.4 Å². The van der Waals surface area contributed by atoms with Gasteiger partial charge in [0, 0.05) is 0 Å². The fourth-order valence-corrected chi connectivity index (χ4v) is 5.02. The van der Waals surface area contributed by atoms with E-state index in [2.05, 4.69) is 5.09 Å². The van der Waals surface area contributed by atoms with Crippen LogP contribution in [-0.4, -0.2) is 62.3 Å². The topological polar surface area (TPSA) is 178 Å². The van der Waals surface area contributed by atoms with E-state index >= 15 is 0 Å². The van der Waals surface area contributed by atoms with Crippen molar-refractivity contribution in [1.29, 1.82) is 0 Å². The molecule has 13 nitrogen and oxygen atoms in total. The molecule has 2 heterocycles. The Hall–Kier alpha value is -2.87. The molecule has 4 N–H and O–H groups in total. The largest absolute Gasteiger partial charge is 0.462 e. The van der Waals surface area contributed by atoms with Gasteiger partial charge in [0.05, 0.1) is 18.9 Å². The molecular formula is C22H29FN3O10P. The molecule has 0 bridgehead atoms. The van der Waals surface area contributed by atoms with Crippen molar-refractivity contribution < 1.29 is 42.5 Å². The van der Waals surface area contributed by atoms with Crippen LogP contribution in [0.1, 0.15) is 33.9 Å². The first-order valence-electron chi connectivity index (χ1n) is 11.3. The molecule has 6 atom stereocenters. The number of aromatic nitrogens is 2. The van der Waals surface area contributed by atoms with Gasteiger partial charge in [-0.15, -0.1) is 0 Å². The highest BCUT2D eigenvalue weighted by atomic mass is 31.2. The van der Waals surface area contributed by atoms with Crippen LogP contribution in [0.25, 0.3) is 0 Å². The number of nitrogens with zero attached hydrogens (tertiary/aromatic N) is 1. The van der Waals surface area contributed by atoms with Crippen molar-refractivity contribution in [3.63, 3.8) is 0 Å². The first kappa shape index (κ1) is 28.7.